The van der Waals surface area contributed by atoms with Gasteiger partial charge in [-0.15, -0.1) is 0 Å². The maximum atomic E-state index is 12.6. The van der Waals surface area contributed by atoms with Crippen LogP contribution in [0.2, 0.25) is 5.02 Å². The molecule has 0 fully saturated rings. The third-order valence-corrected chi connectivity index (χ3v) is 6.16. The Bertz CT molecular complexity index is 1200. The Morgan fingerprint density at radius 3 is 2.39 bits per heavy atom. The highest BCUT2D eigenvalue weighted by Crippen LogP contribution is 2.21. The van der Waals surface area contributed by atoms with E-state index in [2.05, 4.69) is 5.32 Å². The Balaban J connectivity index is 1.70. The van der Waals surface area contributed by atoms with Crippen molar-refractivity contribution in [3.05, 3.63) is 82.6 Å². The molecule has 0 saturated carbocycles. The number of carbonyl (C=O) groups excluding carboxylic acids is 2. The van der Waals surface area contributed by atoms with Gasteiger partial charge in [-0.25, -0.2) is 17.5 Å². The quantitative estimate of drug-likeness (QED) is 0.535. The molecule has 31 heavy (non-hydrogen) atoms. The molecule has 3 aromatic rings. The maximum Gasteiger partial charge on any atom is 0.340 e. The van der Waals surface area contributed by atoms with E-state index in [4.69, 9.17) is 20.8 Å². The maximum absolute atomic E-state index is 12.6. The zero-order chi connectivity index (χ0) is 22.6. The van der Waals surface area contributed by atoms with E-state index in [0.717, 1.165) is 4.31 Å². The second kappa shape index (κ2) is 9.34. The Kier molecular flexibility index (Phi) is 6.79. The second-order valence-electron chi connectivity index (χ2n) is 6.59. The molecule has 1 aromatic heterocycles. The second-order valence-corrected chi connectivity index (χ2v) is 9.11. The highest BCUT2D eigenvalue weighted by Gasteiger charge is 2.22. The van der Waals surface area contributed by atoms with Crippen LogP contribution in [-0.4, -0.2) is 38.7 Å². The Labute approximate surface area is 184 Å². The molecule has 8 nitrogen and oxygen atoms in total. The summed E-state index contributed by atoms with van der Waals surface area (Å²) in [6, 6.07) is 15.4. The molecular weight excluding hydrogens is 444 g/mol. The van der Waals surface area contributed by atoms with Gasteiger partial charge in [0.2, 0.25) is 5.09 Å². The van der Waals surface area contributed by atoms with Crippen LogP contribution in [0.15, 0.2) is 70.2 Å². The molecule has 0 saturated heterocycles. The minimum Gasteiger partial charge on any atom is -0.454 e. The summed E-state index contributed by atoms with van der Waals surface area (Å²) in [6.07, 6.45) is 0. The van der Waals surface area contributed by atoms with Crippen molar-refractivity contribution >= 4 is 39.2 Å². The first kappa shape index (κ1) is 22.5. The van der Waals surface area contributed by atoms with Gasteiger partial charge in [0.05, 0.1) is 11.3 Å². The van der Waals surface area contributed by atoms with Gasteiger partial charge in [0.15, 0.2) is 0 Å². The van der Waals surface area contributed by atoms with E-state index in [-0.39, 0.29) is 28.7 Å². The number of sulfonamides is 1. The van der Waals surface area contributed by atoms with Gasteiger partial charge in [-0.3, -0.25) is 4.79 Å². The minimum absolute atomic E-state index is 0.137. The van der Waals surface area contributed by atoms with E-state index < -0.39 is 21.9 Å². The number of esters is 1. The zero-order valence-corrected chi connectivity index (χ0v) is 18.2. The molecule has 2 aromatic carbocycles. The van der Waals surface area contributed by atoms with Crippen LogP contribution in [0.4, 0.5) is 5.69 Å². The molecule has 0 atom stereocenters. The Hall–Kier alpha value is -3.14. The van der Waals surface area contributed by atoms with Crippen LogP contribution in [0.1, 0.15) is 26.5 Å². The van der Waals surface area contributed by atoms with Gasteiger partial charge in [-0.1, -0.05) is 23.7 Å². The molecule has 1 heterocycles. The molecule has 1 amide bonds. The molecule has 3 rings (SSSR count). The normalized spacial score (nSPS) is 11.4. The van der Waals surface area contributed by atoms with Gasteiger partial charge in [0, 0.05) is 24.7 Å². The number of carbonyl (C=O) groups is 2. The summed E-state index contributed by atoms with van der Waals surface area (Å²) in [4.78, 5) is 25.0. The fourth-order valence-corrected chi connectivity index (χ4v) is 3.47. The van der Waals surface area contributed by atoms with Crippen molar-refractivity contribution in [2.45, 2.75) is 11.7 Å². The number of halogens is 1. The molecule has 0 aliphatic heterocycles. The third kappa shape index (κ3) is 5.32. The van der Waals surface area contributed by atoms with E-state index in [1.54, 1.807) is 42.5 Å². The summed E-state index contributed by atoms with van der Waals surface area (Å²) in [7, 11) is -0.962. The predicted molar refractivity (Wildman–Crippen MR) is 115 cm³/mol. The minimum atomic E-state index is -3.73. The van der Waals surface area contributed by atoms with Crippen LogP contribution >= 0.6 is 11.6 Å². The van der Waals surface area contributed by atoms with Crippen molar-refractivity contribution < 1.29 is 27.2 Å². The number of benzene rings is 2. The number of anilines is 1. The highest BCUT2D eigenvalue weighted by molar-refractivity contribution is 7.88. The van der Waals surface area contributed by atoms with Gasteiger partial charge in [-0.05, 0) is 48.5 Å². The number of amides is 1. The monoisotopic (exact) mass is 462 g/mol. The molecule has 0 aliphatic carbocycles. The predicted octanol–water partition coefficient (Wildman–Crippen LogP) is 3.79. The number of hydrogen-bond acceptors (Lipinski definition) is 6. The largest absolute Gasteiger partial charge is 0.454 e. The van der Waals surface area contributed by atoms with Crippen LogP contribution in [0, 0.1) is 0 Å². The molecule has 1 N–H and O–H groups in total. The van der Waals surface area contributed by atoms with E-state index in [1.807, 2.05) is 0 Å². The van der Waals surface area contributed by atoms with E-state index in [9.17, 15) is 18.0 Å². The standard InChI is InChI=1S/C21H19ClN2O6S/c1-24(2)31(27,28)19-12-11-16(30-19)13-29-21(26)17-5-3-4-6-18(17)23-20(25)14-7-9-15(22)10-8-14/h3-12H,13H2,1-2H3,(H,23,25). The van der Waals surface area contributed by atoms with Crippen molar-refractivity contribution in [3.8, 4) is 0 Å². The summed E-state index contributed by atoms with van der Waals surface area (Å²) < 4.78 is 35.6. The number of para-hydroxylation sites is 1. The summed E-state index contributed by atoms with van der Waals surface area (Å²) in [5.41, 5.74) is 0.776. The average molecular weight is 463 g/mol. The van der Waals surface area contributed by atoms with Crippen molar-refractivity contribution in [1.82, 2.24) is 4.31 Å². The number of furan rings is 1. The van der Waals surface area contributed by atoms with E-state index in [1.165, 1.54) is 32.3 Å². The van der Waals surface area contributed by atoms with Crippen LogP contribution in [0.25, 0.3) is 0 Å². The Morgan fingerprint density at radius 1 is 1.03 bits per heavy atom. The first-order valence-corrected chi connectivity index (χ1v) is 10.8. The van der Waals surface area contributed by atoms with Crippen molar-refractivity contribution in [2.75, 3.05) is 19.4 Å². The number of nitrogens with one attached hydrogen (secondary N) is 1. The van der Waals surface area contributed by atoms with Crippen molar-refractivity contribution in [1.29, 1.82) is 0 Å². The zero-order valence-electron chi connectivity index (χ0n) is 16.7. The first-order valence-electron chi connectivity index (χ1n) is 9.03. The van der Waals surface area contributed by atoms with Gasteiger partial charge in [-0.2, -0.15) is 0 Å². The van der Waals surface area contributed by atoms with E-state index in [0.29, 0.717) is 10.6 Å². The lowest BCUT2D eigenvalue weighted by Gasteiger charge is -2.11. The van der Waals surface area contributed by atoms with Gasteiger partial charge in [0.1, 0.15) is 12.4 Å². The topological polar surface area (TPSA) is 106 Å². The van der Waals surface area contributed by atoms with E-state index >= 15 is 0 Å². The fourth-order valence-electron chi connectivity index (χ4n) is 2.53. The number of ether oxygens (including phenoxy) is 1. The third-order valence-electron chi connectivity index (χ3n) is 4.22. The summed E-state index contributed by atoms with van der Waals surface area (Å²) in [6.45, 7) is -0.277. The van der Waals surface area contributed by atoms with Crippen molar-refractivity contribution in [3.63, 3.8) is 0 Å². The summed E-state index contributed by atoms with van der Waals surface area (Å²) in [5, 5.41) is 2.92. The van der Waals surface area contributed by atoms with Gasteiger partial charge >= 0.3 is 5.97 Å². The lowest BCUT2D eigenvalue weighted by Crippen LogP contribution is -2.21. The summed E-state index contributed by atoms with van der Waals surface area (Å²) >= 11 is 5.83. The number of nitrogens with zero attached hydrogens (tertiary/aromatic N) is 1. The highest BCUT2D eigenvalue weighted by atomic mass is 35.5. The lowest BCUT2D eigenvalue weighted by molar-refractivity contribution is 0.0442. The SMILES string of the molecule is CN(C)S(=O)(=O)c1ccc(COC(=O)c2ccccc2NC(=O)c2ccc(Cl)cc2)o1. The molecule has 10 heteroatoms. The molecule has 0 unspecified atom stereocenters. The first-order chi connectivity index (χ1) is 14.7. The molecule has 0 bridgehead atoms. The Morgan fingerprint density at radius 2 is 1.71 bits per heavy atom. The lowest BCUT2D eigenvalue weighted by atomic mass is 10.1. The molecular formula is C21H19ClN2O6S. The fraction of sp³-hybridized carbons (Fsp3) is 0.143. The van der Waals surface area contributed by atoms with Crippen LogP contribution < -0.4 is 5.32 Å². The van der Waals surface area contributed by atoms with Gasteiger partial charge in [0.25, 0.3) is 15.9 Å². The molecule has 162 valence electrons. The number of rotatable bonds is 7. The molecule has 0 spiro atoms. The summed E-state index contributed by atoms with van der Waals surface area (Å²) in [5.74, 6) is -0.960. The molecule has 0 aliphatic rings. The van der Waals surface area contributed by atoms with Crippen LogP contribution in [0.5, 0.6) is 0 Å². The van der Waals surface area contributed by atoms with Crippen LogP contribution in [0.3, 0.4) is 0 Å². The average Bonchev–Trinajstić information content (AvgIpc) is 3.22. The van der Waals surface area contributed by atoms with Crippen molar-refractivity contribution in [2.24, 2.45) is 0 Å². The van der Waals surface area contributed by atoms with Gasteiger partial charge < -0.3 is 14.5 Å². The smallest absolute Gasteiger partial charge is 0.340 e. The molecule has 0 radical (unpaired) electrons. The number of hydrogen-bond donors (Lipinski definition) is 1. The van der Waals surface area contributed by atoms with Crippen LogP contribution in [-0.2, 0) is 21.4 Å².